The van der Waals surface area contributed by atoms with Crippen LogP contribution >= 0.6 is 0 Å². The summed E-state index contributed by atoms with van der Waals surface area (Å²) in [4.78, 5) is 35.0. The average Bonchev–Trinajstić information content (AvgIpc) is 3.42. The van der Waals surface area contributed by atoms with Crippen molar-refractivity contribution in [1.82, 2.24) is 9.97 Å². The molecule has 0 N–H and O–H groups in total. The van der Waals surface area contributed by atoms with Crippen LogP contribution in [-0.2, 0) is 19.0 Å². The number of nitrogens with zero attached hydrogens (tertiary/aromatic N) is 3. The minimum Gasteiger partial charge on any atom is -0.420 e. The number of halogens is 4. The van der Waals surface area contributed by atoms with Gasteiger partial charge in [-0.05, 0) is 47.6 Å². The Hall–Kier alpha value is -4.34. The van der Waals surface area contributed by atoms with Crippen molar-refractivity contribution in [2.75, 3.05) is 18.0 Å². The van der Waals surface area contributed by atoms with Gasteiger partial charge in [-0.25, -0.2) is 4.39 Å². The molecule has 0 spiro atoms. The first-order valence-electron chi connectivity index (χ1n) is 13.3. The number of anilines is 1. The third kappa shape index (κ3) is 6.53. The third-order valence-electron chi connectivity index (χ3n) is 7.08. The molecule has 2 aromatic carbocycles. The first-order valence-corrected chi connectivity index (χ1v) is 13.3. The molecule has 1 aliphatic rings. The molecule has 1 aliphatic heterocycles. The van der Waals surface area contributed by atoms with E-state index in [0.29, 0.717) is 29.8 Å². The molecule has 0 amide bonds. The molecule has 41 heavy (non-hydrogen) atoms. The van der Waals surface area contributed by atoms with Crippen LogP contribution in [0.1, 0.15) is 57.6 Å². The number of piperidine rings is 1. The normalized spacial score (nSPS) is 15.6. The van der Waals surface area contributed by atoms with Crippen LogP contribution < -0.4 is 4.90 Å². The summed E-state index contributed by atoms with van der Waals surface area (Å²) in [5.41, 5.74) is 1.12. The number of benzene rings is 2. The number of aromatic nitrogens is 2. The molecule has 0 radical (unpaired) electrons. The second-order valence-corrected chi connectivity index (χ2v) is 10.3. The topological polar surface area (TPSA) is 76.3 Å². The standard InChI is InChI=1S/C31H27F4N3O3/c1-19-5-4-14-38(18-19)30-37-29(31(33,34)35)28(41-30)27(40)15-20-8-10-21(11-9-20)23-12-13-25(36-17-23)26(39)16-22-6-2-3-7-24(22)32/h2-3,6-13,17,19H,4-5,14-16,18H2,1H3. The third-order valence-corrected chi connectivity index (χ3v) is 7.08. The Morgan fingerprint density at radius 3 is 2.37 bits per heavy atom. The monoisotopic (exact) mass is 565 g/mol. The maximum Gasteiger partial charge on any atom is 0.437 e. The maximum atomic E-state index is 13.9. The van der Waals surface area contributed by atoms with Gasteiger partial charge in [-0.15, -0.1) is 0 Å². The SMILES string of the molecule is CC1CCCN(c2nc(C(F)(F)F)c(C(=O)Cc3ccc(-c4ccc(C(=O)Cc5ccccc5F)nc4)cc3)o2)C1. The molecule has 3 heterocycles. The fraction of sp³-hybridized carbons (Fsp3) is 0.290. The first-order chi connectivity index (χ1) is 19.6. The molecule has 2 aromatic heterocycles. The summed E-state index contributed by atoms with van der Waals surface area (Å²) in [6.07, 6.45) is -1.94. The van der Waals surface area contributed by atoms with Crippen LogP contribution in [0.25, 0.3) is 11.1 Å². The van der Waals surface area contributed by atoms with Crippen LogP contribution in [-0.4, -0.2) is 34.6 Å². The summed E-state index contributed by atoms with van der Waals surface area (Å²) in [6.45, 7) is 3.04. The lowest BCUT2D eigenvalue weighted by Crippen LogP contribution is -2.34. The summed E-state index contributed by atoms with van der Waals surface area (Å²) < 4.78 is 60.4. The Bertz CT molecular complexity index is 1550. The van der Waals surface area contributed by atoms with E-state index in [0.717, 1.165) is 18.4 Å². The first kappa shape index (κ1) is 28.2. The summed E-state index contributed by atoms with van der Waals surface area (Å²) in [6, 6.07) is 15.9. The Labute approximate surface area is 234 Å². The minimum atomic E-state index is -4.83. The zero-order valence-corrected chi connectivity index (χ0v) is 22.2. The highest BCUT2D eigenvalue weighted by Gasteiger charge is 2.42. The summed E-state index contributed by atoms with van der Waals surface area (Å²) in [7, 11) is 0. The molecular weight excluding hydrogens is 538 g/mol. The van der Waals surface area contributed by atoms with Crippen molar-refractivity contribution >= 4 is 17.6 Å². The lowest BCUT2D eigenvalue weighted by molar-refractivity contribution is -0.141. The second kappa shape index (κ2) is 11.6. The van der Waals surface area contributed by atoms with Crippen LogP contribution in [0.5, 0.6) is 0 Å². The van der Waals surface area contributed by atoms with Crippen molar-refractivity contribution in [3.05, 3.63) is 101 Å². The lowest BCUT2D eigenvalue weighted by Gasteiger charge is -2.29. The van der Waals surface area contributed by atoms with E-state index in [9.17, 15) is 27.2 Å². The molecule has 1 saturated heterocycles. The Balaban J connectivity index is 1.27. The van der Waals surface area contributed by atoms with E-state index in [4.69, 9.17) is 4.42 Å². The lowest BCUT2D eigenvalue weighted by atomic mass is 10.0. The van der Waals surface area contributed by atoms with E-state index in [1.165, 1.54) is 12.3 Å². The van der Waals surface area contributed by atoms with Crippen molar-refractivity contribution in [3.63, 3.8) is 0 Å². The zero-order chi connectivity index (χ0) is 29.1. The van der Waals surface area contributed by atoms with Gasteiger partial charge in [0.1, 0.15) is 11.5 Å². The Morgan fingerprint density at radius 1 is 0.976 bits per heavy atom. The molecule has 0 bridgehead atoms. The van der Waals surface area contributed by atoms with E-state index >= 15 is 0 Å². The van der Waals surface area contributed by atoms with Gasteiger partial charge in [0.15, 0.2) is 11.5 Å². The number of hydrogen-bond acceptors (Lipinski definition) is 6. The molecule has 6 nitrogen and oxygen atoms in total. The smallest absolute Gasteiger partial charge is 0.420 e. The predicted octanol–water partition coefficient (Wildman–Crippen LogP) is 6.98. The van der Waals surface area contributed by atoms with Gasteiger partial charge in [0.05, 0.1) is 0 Å². The minimum absolute atomic E-state index is 0.109. The molecule has 5 rings (SSSR count). The fourth-order valence-corrected chi connectivity index (χ4v) is 4.90. The van der Waals surface area contributed by atoms with Crippen LogP contribution in [0.2, 0.25) is 0 Å². The van der Waals surface area contributed by atoms with Crippen molar-refractivity contribution in [1.29, 1.82) is 0 Å². The Kier molecular flexibility index (Phi) is 8.01. The van der Waals surface area contributed by atoms with Crippen LogP contribution in [0.3, 0.4) is 0 Å². The van der Waals surface area contributed by atoms with Crippen LogP contribution in [0, 0.1) is 11.7 Å². The summed E-state index contributed by atoms with van der Waals surface area (Å²) >= 11 is 0. The number of carbonyl (C=O) groups is 2. The van der Waals surface area contributed by atoms with Crippen LogP contribution in [0.15, 0.2) is 71.3 Å². The van der Waals surface area contributed by atoms with Gasteiger partial charge in [0, 0.05) is 37.7 Å². The van der Waals surface area contributed by atoms with E-state index in [1.54, 1.807) is 59.5 Å². The molecule has 0 saturated carbocycles. The largest absolute Gasteiger partial charge is 0.437 e. The van der Waals surface area contributed by atoms with E-state index < -0.39 is 29.2 Å². The van der Waals surface area contributed by atoms with Crippen LogP contribution in [0.4, 0.5) is 23.6 Å². The van der Waals surface area contributed by atoms with Gasteiger partial charge in [-0.3, -0.25) is 14.6 Å². The van der Waals surface area contributed by atoms with Gasteiger partial charge < -0.3 is 9.32 Å². The maximum absolute atomic E-state index is 13.9. The Morgan fingerprint density at radius 2 is 1.71 bits per heavy atom. The average molecular weight is 566 g/mol. The van der Waals surface area contributed by atoms with Gasteiger partial charge in [-0.2, -0.15) is 18.2 Å². The number of carbonyl (C=O) groups excluding carboxylic acids is 2. The molecule has 1 unspecified atom stereocenters. The van der Waals surface area contributed by atoms with Crippen molar-refractivity contribution in [3.8, 4) is 11.1 Å². The predicted molar refractivity (Wildman–Crippen MR) is 144 cm³/mol. The van der Waals surface area contributed by atoms with E-state index in [-0.39, 0.29) is 36.3 Å². The number of pyridine rings is 1. The molecular formula is C31H27F4N3O3. The summed E-state index contributed by atoms with van der Waals surface area (Å²) in [5, 5.41) is 0. The number of alkyl halides is 3. The van der Waals surface area contributed by atoms with Gasteiger partial charge in [-0.1, -0.05) is 55.5 Å². The number of hydrogen-bond donors (Lipinski definition) is 0. The molecule has 1 fully saturated rings. The number of ketones is 2. The quantitative estimate of drug-likeness (QED) is 0.169. The highest BCUT2D eigenvalue weighted by Crippen LogP contribution is 2.35. The zero-order valence-electron chi connectivity index (χ0n) is 22.2. The molecule has 10 heteroatoms. The van der Waals surface area contributed by atoms with Crippen molar-refractivity contribution in [2.45, 2.75) is 38.8 Å². The van der Waals surface area contributed by atoms with Crippen molar-refractivity contribution in [2.24, 2.45) is 5.92 Å². The number of Topliss-reactive ketones (excluding diaryl/α,β-unsaturated/α-hetero) is 2. The summed E-state index contributed by atoms with van der Waals surface area (Å²) in [5.74, 6) is -2.08. The van der Waals surface area contributed by atoms with E-state index in [1.807, 2.05) is 6.92 Å². The number of oxazole rings is 1. The molecule has 4 aromatic rings. The van der Waals surface area contributed by atoms with Crippen molar-refractivity contribution < 1.29 is 31.6 Å². The molecule has 0 aliphatic carbocycles. The fourth-order valence-electron chi connectivity index (χ4n) is 4.90. The molecule has 212 valence electrons. The molecule has 1 atom stereocenters. The highest BCUT2D eigenvalue weighted by atomic mass is 19.4. The van der Waals surface area contributed by atoms with Gasteiger partial charge >= 0.3 is 6.18 Å². The van der Waals surface area contributed by atoms with Gasteiger partial charge in [0.2, 0.25) is 11.5 Å². The van der Waals surface area contributed by atoms with Gasteiger partial charge in [0.25, 0.3) is 6.01 Å². The van der Waals surface area contributed by atoms with E-state index in [2.05, 4.69) is 9.97 Å². The highest BCUT2D eigenvalue weighted by molar-refractivity contribution is 5.97. The second-order valence-electron chi connectivity index (χ2n) is 10.3. The number of rotatable bonds is 8.